The molecule has 3 heterocycles. The van der Waals surface area contributed by atoms with Gasteiger partial charge in [-0.1, -0.05) is 24.3 Å². The summed E-state index contributed by atoms with van der Waals surface area (Å²) in [6, 6.07) is 6.17. The maximum atomic E-state index is 13.2. The Morgan fingerprint density at radius 3 is 2.46 bits per heavy atom. The largest absolute Gasteiger partial charge is 0.368 e. The predicted molar refractivity (Wildman–Crippen MR) is 100 cm³/mol. The quantitative estimate of drug-likeness (QED) is 0.892. The summed E-state index contributed by atoms with van der Waals surface area (Å²) in [7, 11) is 0. The maximum absolute atomic E-state index is 13.2. The monoisotopic (exact) mass is 349 g/mol. The second-order valence-electron chi connectivity index (χ2n) is 6.39. The molecule has 0 saturated carbocycles. The number of fused-ring (bicyclic) bond motifs is 1. The Hall–Kier alpha value is -2.92. The van der Waals surface area contributed by atoms with Crippen molar-refractivity contribution in [3.8, 4) is 0 Å². The van der Waals surface area contributed by atoms with E-state index in [4.69, 9.17) is 0 Å². The zero-order valence-corrected chi connectivity index (χ0v) is 14.4. The number of hydrogen-bond acceptors (Lipinski definition) is 3. The minimum atomic E-state index is -0.289. The smallest absolute Gasteiger partial charge is 0.255 e. The summed E-state index contributed by atoms with van der Waals surface area (Å²) in [4.78, 5) is 16.8. The van der Waals surface area contributed by atoms with Gasteiger partial charge < -0.3 is 10.2 Å². The van der Waals surface area contributed by atoms with Crippen LogP contribution in [-0.4, -0.2) is 41.9 Å². The van der Waals surface area contributed by atoms with Gasteiger partial charge in [-0.15, -0.1) is 0 Å². The first-order valence-corrected chi connectivity index (χ1v) is 8.75. The number of nitrogens with zero attached hydrogens (tertiary/aromatic N) is 2. The summed E-state index contributed by atoms with van der Waals surface area (Å²) in [6.45, 7) is 3.74. The van der Waals surface area contributed by atoms with Gasteiger partial charge in [-0.05, 0) is 41.5 Å². The molecular formula is C21H20FN3O. The number of nitrogens with one attached hydrogen (secondary N) is 1. The zero-order valence-electron chi connectivity index (χ0n) is 14.4. The van der Waals surface area contributed by atoms with E-state index in [0.29, 0.717) is 0 Å². The third-order valence-corrected chi connectivity index (χ3v) is 4.68. The van der Waals surface area contributed by atoms with Gasteiger partial charge in [0.1, 0.15) is 5.82 Å². The molecule has 3 aliphatic heterocycles. The molecule has 0 aromatic heterocycles. The van der Waals surface area contributed by atoms with E-state index in [1.165, 1.54) is 12.1 Å². The third kappa shape index (κ3) is 3.39. The fourth-order valence-corrected chi connectivity index (χ4v) is 3.26. The van der Waals surface area contributed by atoms with E-state index in [2.05, 4.69) is 16.3 Å². The Morgan fingerprint density at radius 1 is 0.962 bits per heavy atom. The molecular weight excluding hydrogens is 329 g/mol. The lowest BCUT2D eigenvalue weighted by atomic mass is 10.0. The van der Waals surface area contributed by atoms with Gasteiger partial charge in [-0.25, -0.2) is 4.39 Å². The van der Waals surface area contributed by atoms with Gasteiger partial charge >= 0.3 is 0 Å². The first-order valence-electron chi connectivity index (χ1n) is 8.75. The van der Waals surface area contributed by atoms with E-state index < -0.39 is 0 Å². The second kappa shape index (κ2) is 7.14. The van der Waals surface area contributed by atoms with Crippen LogP contribution >= 0.6 is 0 Å². The van der Waals surface area contributed by atoms with Crippen molar-refractivity contribution in [1.82, 2.24) is 15.1 Å². The fraction of sp³-hybridized carbons (Fsp3) is 0.190. The second-order valence-corrected chi connectivity index (χ2v) is 6.39. The molecule has 3 aliphatic rings. The summed E-state index contributed by atoms with van der Waals surface area (Å²) in [5.74, 6) is -0.403. The van der Waals surface area contributed by atoms with Crippen LogP contribution < -0.4 is 5.32 Å². The van der Waals surface area contributed by atoms with Gasteiger partial charge in [0.25, 0.3) is 5.91 Å². The highest BCUT2D eigenvalue weighted by molar-refractivity contribution is 5.99. The minimum Gasteiger partial charge on any atom is -0.368 e. The molecule has 4 rings (SSSR count). The lowest BCUT2D eigenvalue weighted by molar-refractivity contribution is -0.122. The molecule has 0 spiro atoms. The van der Waals surface area contributed by atoms with Crippen LogP contribution in [0.15, 0.2) is 78.3 Å². The molecule has 1 aromatic carbocycles. The molecule has 1 fully saturated rings. The highest BCUT2D eigenvalue weighted by Gasteiger charge is 2.21. The van der Waals surface area contributed by atoms with Gasteiger partial charge in [0.05, 0.1) is 5.70 Å². The van der Waals surface area contributed by atoms with E-state index in [1.54, 1.807) is 23.1 Å². The topological polar surface area (TPSA) is 35.6 Å². The molecule has 1 N–H and O–H groups in total. The van der Waals surface area contributed by atoms with Crippen molar-refractivity contribution in [2.24, 2.45) is 0 Å². The standard InChI is InChI=1S/C21H20FN3O/c22-18-6-4-16(5-7-18)17-2-1-3-19-8-9-20(15-25(19)21(26)14-17)24-12-10-23-11-13-24/h1-9,14-15,23H,10-13H2/b2-1+,17-14+,19-3+. The van der Waals surface area contributed by atoms with Crippen LogP contribution in [0.25, 0.3) is 5.57 Å². The van der Waals surface area contributed by atoms with Crippen molar-refractivity contribution >= 4 is 11.5 Å². The predicted octanol–water partition coefficient (Wildman–Crippen LogP) is 2.81. The molecule has 1 amide bonds. The lowest BCUT2D eigenvalue weighted by Gasteiger charge is -2.33. The normalized spacial score (nSPS) is 25.3. The van der Waals surface area contributed by atoms with E-state index in [1.807, 2.05) is 30.5 Å². The number of amides is 1. The molecule has 132 valence electrons. The number of piperazine rings is 1. The minimum absolute atomic E-state index is 0.114. The fourth-order valence-electron chi connectivity index (χ4n) is 3.26. The first-order chi connectivity index (χ1) is 12.7. The van der Waals surface area contributed by atoms with Gasteiger partial charge in [0, 0.05) is 44.2 Å². The summed E-state index contributed by atoms with van der Waals surface area (Å²) < 4.78 is 13.2. The molecule has 1 saturated heterocycles. The van der Waals surface area contributed by atoms with Crippen LogP contribution in [0.5, 0.6) is 0 Å². The van der Waals surface area contributed by atoms with Crippen molar-refractivity contribution < 1.29 is 9.18 Å². The first kappa shape index (κ1) is 16.5. The number of halogens is 1. The van der Waals surface area contributed by atoms with Crippen LogP contribution in [0.4, 0.5) is 4.39 Å². The van der Waals surface area contributed by atoms with Crippen molar-refractivity contribution in [2.45, 2.75) is 0 Å². The number of allylic oxidation sites excluding steroid dienone is 6. The summed E-state index contributed by atoms with van der Waals surface area (Å²) >= 11 is 0. The SMILES string of the molecule is O=C1\C=C(c2ccc(F)cc2)/C=C/C=C2\C=CC(N3CCNCC3)=CN12. The van der Waals surface area contributed by atoms with Gasteiger partial charge in [0.2, 0.25) is 0 Å². The van der Waals surface area contributed by atoms with Crippen LogP contribution in [0, 0.1) is 5.82 Å². The molecule has 0 atom stereocenters. The van der Waals surface area contributed by atoms with Crippen molar-refractivity contribution in [3.05, 3.63) is 89.7 Å². The maximum Gasteiger partial charge on any atom is 0.255 e. The van der Waals surface area contributed by atoms with Gasteiger partial charge in [0.15, 0.2) is 0 Å². The van der Waals surface area contributed by atoms with Crippen molar-refractivity contribution in [3.63, 3.8) is 0 Å². The number of rotatable bonds is 2. The van der Waals surface area contributed by atoms with E-state index in [-0.39, 0.29) is 11.7 Å². The van der Waals surface area contributed by atoms with Crippen LogP contribution in [0.1, 0.15) is 5.56 Å². The number of benzene rings is 1. The molecule has 0 unspecified atom stereocenters. The third-order valence-electron chi connectivity index (χ3n) is 4.68. The highest BCUT2D eigenvalue weighted by Crippen LogP contribution is 2.25. The van der Waals surface area contributed by atoms with Crippen molar-refractivity contribution in [1.29, 1.82) is 0 Å². The molecule has 5 heteroatoms. The molecule has 0 radical (unpaired) electrons. The Labute approximate surface area is 152 Å². The number of carbonyl (C=O) groups is 1. The average Bonchev–Trinajstić information content (AvgIpc) is 2.67. The Morgan fingerprint density at radius 2 is 1.69 bits per heavy atom. The van der Waals surface area contributed by atoms with Crippen LogP contribution in [0.2, 0.25) is 0 Å². The summed E-state index contributed by atoms with van der Waals surface area (Å²) in [6.07, 6.45) is 13.2. The Bertz CT molecular complexity index is 856. The highest BCUT2D eigenvalue weighted by atomic mass is 19.1. The van der Waals surface area contributed by atoms with Crippen LogP contribution in [0.3, 0.4) is 0 Å². The zero-order chi connectivity index (χ0) is 17.9. The number of hydrogen-bond donors (Lipinski definition) is 1. The molecule has 4 nitrogen and oxygen atoms in total. The summed E-state index contributed by atoms with van der Waals surface area (Å²) in [5, 5.41) is 3.33. The number of carbonyl (C=O) groups excluding carboxylic acids is 1. The lowest BCUT2D eigenvalue weighted by Crippen LogP contribution is -2.43. The van der Waals surface area contributed by atoms with E-state index in [0.717, 1.165) is 48.7 Å². The molecule has 26 heavy (non-hydrogen) atoms. The molecule has 0 bridgehead atoms. The summed E-state index contributed by atoms with van der Waals surface area (Å²) in [5.41, 5.74) is 3.45. The molecule has 1 aromatic rings. The van der Waals surface area contributed by atoms with Gasteiger partial charge in [-0.3, -0.25) is 9.69 Å². The van der Waals surface area contributed by atoms with Crippen molar-refractivity contribution in [2.75, 3.05) is 26.2 Å². The van der Waals surface area contributed by atoms with E-state index in [9.17, 15) is 9.18 Å². The average molecular weight is 349 g/mol. The van der Waals surface area contributed by atoms with E-state index >= 15 is 0 Å². The van der Waals surface area contributed by atoms with Gasteiger partial charge in [-0.2, -0.15) is 0 Å². The molecule has 0 aliphatic carbocycles. The van der Waals surface area contributed by atoms with Crippen LogP contribution in [-0.2, 0) is 4.79 Å². The Kier molecular flexibility index (Phi) is 4.54. The Balaban J connectivity index is 1.65.